The fourth-order valence-corrected chi connectivity index (χ4v) is 3.02. The highest BCUT2D eigenvalue weighted by Gasteiger charge is 2.32. The molecular formula is C16H16ClNO. The third-order valence-corrected chi connectivity index (χ3v) is 4.34. The van der Waals surface area contributed by atoms with Crippen molar-refractivity contribution in [2.45, 2.75) is 31.6 Å². The Labute approximate surface area is 118 Å². The van der Waals surface area contributed by atoms with Crippen LogP contribution in [0.15, 0.2) is 36.4 Å². The van der Waals surface area contributed by atoms with Crippen LogP contribution in [0.3, 0.4) is 0 Å². The van der Waals surface area contributed by atoms with Gasteiger partial charge in [0.25, 0.3) is 0 Å². The molecular weight excluding hydrogens is 258 g/mol. The van der Waals surface area contributed by atoms with Gasteiger partial charge >= 0.3 is 0 Å². The summed E-state index contributed by atoms with van der Waals surface area (Å²) in [5.41, 5.74) is 3.71. The van der Waals surface area contributed by atoms with Crippen molar-refractivity contribution in [3.8, 4) is 5.88 Å². The Kier molecular flexibility index (Phi) is 2.98. The van der Waals surface area contributed by atoms with E-state index in [0.717, 1.165) is 30.0 Å². The highest BCUT2D eigenvalue weighted by Crippen LogP contribution is 2.38. The number of aryl methyl sites for hydroxylation is 1. The number of aromatic nitrogens is 1. The molecule has 0 spiro atoms. The predicted octanol–water partition coefficient (Wildman–Crippen LogP) is 3.89. The molecule has 0 bridgehead atoms. The van der Waals surface area contributed by atoms with Gasteiger partial charge in [0.1, 0.15) is 0 Å². The van der Waals surface area contributed by atoms with Crippen molar-refractivity contribution < 1.29 is 5.11 Å². The average Bonchev–Trinajstić information content (AvgIpc) is 2.40. The maximum Gasteiger partial charge on any atom is 0.210 e. The number of nitrogens with zero attached hydrogens (tertiary/aromatic N) is 1. The van der Waals surface area contributed by atoms with Crippen LogP contribution in [0.25, 0.3) is 0 Å². The largest absolute Gasteiger partial charge is 0.493 e. The third kappa shape index (κ3) is 2.33. The second-order valence-electron chi connectivity index (χ2n) is 5.52. The Balaban J connectivity index is 1.95. The summed E-state index contributed by atoms with van der Waals surface area (Å²) in [5.74, 6) is 0.119. The number of fused-ring (bicyclic) bond motifs is 1. The van der Waals surface area contributed by atoms with Gasteiger partial charge < -0.3 is 5.11 Å². The van der Waals surface area contributed by atoms with Crippen molar-refractivity contribution in [3.05, 3.63) is 58.2 Å². The SMILES string of the molecule is CC1(c2ccc(Cl)cc2)CCc2nc(O)ccc2C1. The van der Waals surface area contributed by atoms with Crippen molar-refractivity contribution in [1.82, 2.24) is 4.98 Å². The molecule has 1 aliphatic rings. The molecule has 3 rings (SSSR count). The monoisotopic (exact) mass is 273 g/mol. The van der Waals surface area contributed by atoms with E-state index in [0.29, 0.717) is 0 Å². The Hall–Kier alpha value is -1.54. The number of halogens is 1. The molecule has 0 radical (unpaired) electrons. The molecule has 1 aromatic heterocycles. The van der Waals surface area contributed by atoms with Crippen molar-refractivity contribution in [1.29, 1.82) is 0 Å². The summed E-state index contributed by atoms with van der Waals surface area (Å²) in [5, 5.41) is 10.2. The molecule has 2 nitrogen and oxygen atoms in total. The minimum Gasteiger partial charge on any atom is -0.493 e. The van der Waals surface area contributed by atoms with E-state index in [-0.39, 0.29) is 11.3 Å². The van der Waals surface area contributed by atoms with E-state index in [2.05, 4.69) is 24.0 Å². The lowest BCUT2D eigenvalue weighted by Gasteiger charge is -2.35. The Bertz CT molecular complexity index is 609. The maximum atomic E-state index is 9.44. The lowest BCUT2D eigenvalue weighted by atomic mass is 9.70. The molecule has 0 aliphatic heterocycles. The number of rotatable bonds is 1. The molecule has 2 aromatic rings. The first kappa shape index (κ1) is 12.5. The highest BCUT2D eigenvalue weighted by atomic mass is 35.5. The summed E-state index contributed by atoms with van der Waals surface area (Å²) >= 11 is 5.96. The quantitative estimate of drug-likeness (QED) is 0.855. The van der Waals surface area contributed by atoms with Gasteiger partial charge in [0, 0.05) is 16.8 Å². The molecule has 1 unspecified atom stereocenters. The summed E-state index contributed by atoms with van der Waals surface area (Å²) in [6.45, 7) is 2.28. The minimum absolute atomic E-state index is 0.119. The number of aromatic hydroxyl groups is 1. The molecule has 1 atom stereocenters. The highest BCUT2D eigenvalue weighted by molar-refractivity contribution is 6.30. The van der Waals surface area contributed by atoms with Gasteiger partial charge in [-0.2, -0.15) is 0 Å². The molecule has 1 aliphatic carbocycles. The zero-order valence-electron chi connectivity index (χ0n) is 10.9. The van der Waals surface area contributed by atoms with Gasteiger partial charge in [-0.3, -0.25) is 0 Å². The van der Waals surface area contributed by atoms with Crippen LogP contribution in [-0.4, -0.2) is 10.1 Å². The maximum absolute atomic E-state index is 9.44. The smallest absolute Gasteiger partial charge is 0.210 e. The van der Waals surface area contributed by atoms with Crippen LogP contribution in [-0.2, 0) is 18.3 Å². The van der Waals surface area contributed by atoms with Crippen molar-refractivity contribution in [2.24, 2.45) is 0 Å². The summed E-state index contributed by atoms with van der Waals surface area (Å²) in [7, 11) is 0. The average molecular weight is 274 g/mol. The zero-order valence-corrected chi connectivity index (χ0v) is 11.6. The van der Waals surface area contributed by atoms with E-state index in [9.17, 15) is 5.11 Å². The Morgan fingerprint density at radius 2 is 1.89 bits per heavy atom. The van der Waals surface area contributed by atoms with Gasteiger partial charge in [-0.25, -0.2) is 4.98 Å². The molecule has 1 heterocycles. The molecule has 0 fully saturated rings. The van der Waals surface area contributed by atoms with Gasteiger partial charge in [-0.05, 0) is 47.9 Å². The first-order valence-electron chi connectivity index (χ1n) is 6.51. The molecule has 1 aromatic carbocycles. The van der Waals surface area contributed by atoms with Gasteiger partial charge in [0.15, 0.2) is 0 Å². The van der Waals surface area contributed by atoms with E-state index >= 15 is 0 Å². The molecule has 98 valence electrons. The first-order valence-corrected chi connectivity index (χ1v) is 6.88. The second kappa shape index (κ2) is 4.53. The van der Waals surface area contributed by atoms with Crippen LogP contribution in [0.5, 0.6) is 5.88 Å². The third-order valence-electron chi connectivity index (χ3n) is 4.09. The molecule has 3 heteroatoms. The normalized spacial score (nSPS) is 22.0. The number of hydrogen-bond acceptors (Lipinski definition) is 2. The van der Waals surface area contributed by atoms with Crippen LogP contribution in [0.4, 0.5) is 0 Å². The van der Waals surface area contributed by atoms with E-state index < -0.39 is 0 Å². The number of pyridine rings is 1. The zero-order chi connectivity index (χ0) is 13.5. The van der Waals surface area contributed by atoms with E-state index in [4.69, 9.17) is 11.6 Å². The fraction of sp³-hybridized carbons (Fsp3) is 0.312. The van der Waals surface area contributed by atoms with Crippen molar-refractivity contribution in [2.75, 3.05) is 0 Å². The lowest BCUT2D eigenvalue weighted by molar-refractivity contribution is 0.395. The first-order chi connectivity index (χ1) is 9.07. The summed E-state index contributed by atoms with van der Waals surface area (Å²) in [6.07, 6.45) is 2.90. The Morgan fingerprint density at radius 3 is 2.63 bits per heavy atom. The summed E-state index contributed by atoms with van der Waals surface area (Å²) in [6, 6.07) is 11.8. The second-order valence-corrected chi connectivity index (χ2v) is 5.96. The van der Waals surface area contributed by atoms with Crippen LogP contribution >= 0.6 is 11.6 Å². The number of hydrogen-bond donors (Lipinski definition) is 1. The number of benzene rings is 1. The molecule has 0 amide bonds. The summed E-state index contributed by atoms with van der Waals surface area (Å²) in [4.78, 5) is 4.22. The van der Waals surface area contributed by atoms with Crippen LogP contribution < -0.4 is 0 Å². The minimum atomic E-state index is 0.119. The van der Waals surface area contributed by atoms with Crippen molar-refractivity contribution in [3.63, 3.8) is 0 Å². The molecule has 0 saturated carbocycles. The topological polar surface area (TPSA) is 33.1 Å². The van der Waals surface area contributed by atoms with Crippen molar-refractivity contribution >= 4 is 11.6 Å². The molecule has 1 N–H and O–H groups in total. The van der Waals surface area contributed by atoms with Gasteiger partial charge in [0.2, 0.25) is 5.88 Å². The fourth-order valence-electron chi connectivity index (χ4n) is 2.90. The van der Waals surface area contributed by atoms with Crippen LogP contribution in [0, 0.1) is 0 Å². The molecule has 19 heavy (non-hydrogen) atoms. The van der Waals surface area contributed by atoms with E-state index in [1.54, 1.807) is 6.07 Å². The van der Waals surface area contributed by atoms with E-state index in [1.807, 2.05) is 18.2 Å². The standard InChI is InChI=1S/C16H16ClNO/c1-16(12-3-5-13(17)6-4-12)9-8-14-11(10-16)2-7-15(19)18-14/h2-7H,8-10H2,1H3,(H,18,19). The molecule has 0 saturated heterocycles. The predicted molar refractivity (Wildman–Crippen MR) is 76.7 cm³/mol. The van der Waals surface area contributed by atoms with Gasteiger partial charge in [-0.1, -0.05) is 36.7 Å². The van der Waals surface area contributed by atoms with Crippen LogP contribution in [0.2, 0.25) is 5.02 Å². The van der Waals surface area contributed by atoms with Crippen LogP contribution in [0.1, 0.15) is 30.2 Å². The Morgan fingerprint density at radius 1 is 1.16 bits per heavy atom. The van der Waals surface area contributed by atoms with E-state index in [1.165, 1.54) is 11.1 Å². The van der Waals surface area contributed by atoms with Gasteiger partial charge in [0.05, 0.1) is 0 Å². The lowest BCUT2D eigenvalue weighted by Crippen LogP contribution is -2.30. The summed E-state index contributed by atoms with van der Waals surface area (Å²) < 4.78 is 0. The van der Waals surface area contributed by atoms with Gasteiger partial charge in [-0.15, -0.1) is 0 Å².